The van der Waals surface area contributed by atoms with E-state index >= 15 is 0 Å². The van der Waals surface area contributed by atoms with E-state index in [0.29, 0.717) is 19.3 Å². The van der Waals surface area contributed by atoms with E-state index in [4.69, 9.17) is 14.2 Å². The highest BCUT2D eigenvalue weighted by Gasteiger charge is 2.19. The van der Waals surface area contributed by atoms with Crippen molar-refractivity contribution in [3.05, 3.63) is 97.2 Å². The van der Waals surface area contributed by atoms with Gasteiger partial charge in [0.1, 0.15) is 13.2 Å². The number of carbonyl (C=O) groups excluding carboxylic acids is 3. The summed E-state index contributed by atoms with van der Waals surface area (Å²) < 4.78 is 16.8. The SMILES string of the molecule is CCCCC/C=C/C/C=C/C/C=C/C/C=C/CCCC(=O)OC[C@@H](COC(=O)CCCCCCCCCCCCCCCCCCC)OC(=O)CCC/C=C/C/C=C/C/C=C/C/C=C/CCCCC. The summed E-state index contributed by atoms with van der Waals surface area (Å²) >= 11 is 0. The minimum absolute atomic E-state index is 0.115. The summed E-state index contributed by atoms with van der Waals surface area (Å²) in [5, 5.41) is 0. The van der Waals surface area contributed by atoms with Crippen LogP contribution in [0.1, 0.15) is 265 Å². The molecule has 394 valence electrons. The third-order valence-corrected chi connectivity index (χ3v) is 12.1. The van der Waals surface area contributed by atoms with Crippen molar-refractivity contribution in [2.45, 2.75) is 271 Å². The topological polar surface area (TPSA) is 78.9 Å². The lowest BCUT2D eigenvalue weighted by Crippen LogP contribution is -2.30. The van der Waals surface area contributed by atoms with Crippen molar-refractivity contribution in [2.75, 3.05) is 13.2 Å². The number of hydrogen-bond acceptors (Lipinski definition) is 6. The molecule has 6 nitrogen and oxygen atoms in total. The summed E-state index contributed by atoms with van der Waals surface area (Å²) in [5.41, 5.74) is 0. The summed E-state index contributed by atoms with van der Waals surface area (Å²) in [4.78, 5) is 38.1. The maximum atomic E-state index is 12.8. The van der Waals surface area contributed by atoms with Crippen molar-refractivity contribution in [2.24, 2.45) is 0 Å². The van der Waals surface area contributed by atoms with Crippen molar-refractivity contribution in [3.63, 3.8) is 0 Å². The van der Waals surface area contributed by atoms with Gasteiger partial charge in [0, 0.05) is 19.3 Å². The molecule has 0 aromatic heterocycles. The number of hydrogen-bond donors (Lipinski definition) is 0. The zero-order valence-corrected chi connectivity index (χ0v) is 45.0. The Morgan fingerprint density at radius 3 is 0.870 bits per heavy atom. The smallest absolute Gasteiger partial charge is 0.306 e. The average Bonchev–Trinajstić information content (AvgIpc) is 3.35. The molecule has 0 unspecified atom stereocenters. The van der Waals surface area contributed by atoms with Gasteiger partial charge in [0.2, 0.25) is 0 Å². The molecule has 0 N–H and O–H groups in total. The maximum Gasteiger partial charge on any atom is 0.306 e. The van der Waals surface area contributed by atoms with Crippen LogP contribution in [0.5, 0.6) is 0 Å². The van der Waals surface area contributed by atoms with Crippen LogP contribution in [0.3, 0.4) is 0 Å². The van der Waals surface area contributed by atoms with Crippen molar-refractivity contribution in [1.82, 2.24) is 0 Å². The molecule has 0 saturated carbocycles. The Hall–Kier alpha value is -3.67. The van der Waals surface area contributed by atoms with Crippen LogP contribution in [0.2, 0.25) is 0 Å². The molecule has 0 rings (SSSR count). The maximum absolute atomic E-state index is 12.8. The van der Waals surface area contributed by atoms with Crippen LogP contribution >= 0.6 is 0 Å². The third kappa shape index (κ3) is 55.1. The number of ether oxygens (including phenoxy) is 3. The highest BCUT2D eigenvalue weighted by molar-refractivity contribution is 5.71. The van der Waals surface area contributed by atoms with Gasteiger partial charge in [-0.3, -0.25) is 14.4 Å². The molecule has 1 atom stereocenters. The van der Waals surface area contributed by atoms with Crippen LogP contribution in [-0.2, 0) is 28.6 Å². The standard InChI is InChI=1S/C63H106O6/c1-4-7-10-13-16-19-22-25-28-31-34-37-40-43-46-49-52-55-61(64)67-58-60(69-63(66)57-54-51-48-45-42-39-36-33-30-27-24-21-18-15-12-9-6-3)59-68-62(65)56-53-50-47-44-41-38-35-32-29-26-23-20-17-14-11-8-5-2/h16,18-19,21,25,27-28,30,34,36-37,39,43,45-46,48,60H,4-15,17,20,22-24,26,29,31-33,35,38,40-42,44,47,49-59H2,1-3H3/b19-16+,21-18+,28-25+,30-27+,37-34+,39-36+,46-43+,48-45+/t60-/m0/s1. The predicted octanol–water partition coefficient (Wildman–Crippen LogP) is 19.3. The highest BCUT2D eigenvalue weighted by Crippen LogP contribution is 2.15. The van der Waals surface area contributed by atoms with E-state index in [1.165, 1.54) is 141 Å². The molecule has 0 radical (unpaired) electrons. The summed E-state index contributed by atoms with van der Waals surface area (Å²) in [5.74, 6) is -1.03. The van der Waals surface area contributed by atoms with Gasteiger partial charge in [-0.05, 0) is 96.3 Å². The van der Waals surface area contributed by atoms with E-state index in [0.717, 1.165) is 70.6 Å². The summed E-state index contributed by atoms with van der Waals surface area (Å²) in [6.07, 6.45) is 75.5. The first-order valence-corrected chi connectivity index (χ1v) is 28.7. The first-order chi connectivity index (χ1) is 34.0. The second-order valence-electron chi connectivity index (χ2n) is 18.8. The third-order valence-electron chi connectivity index (χ3n) is 12.1. The molecule has 0 amide bonds. The van der Waals surface area contributed by atoms with Crippen molar-refractivity contribution < 1.29 is 28.6 Å². The van der Waals surface area contributed by atoms with E-state index in [1.54, 1.807) is 0 Å². The average molecular weight is 960 g/mol. The Morgan fingerprint density at radius 2 is 0.536 bits per heavy atom. The highest BCUT2D eigenvalue weighted by atomic mass is 16.6. The molecule has 0 aromatic carbocycles. The van der Waals surface area contributed by atoms with Crippen LogP contribution in [-0.4, -0.2) is 37.2 Å². The lowest BCUT2D eigenvalue weighted by Gasteiger charge is -2.18. The number of carbonyl (C=O) groups is 3. The molecule has 0 aliphatic carbocycles. The molecule has 0 aliphatic heterocycles. The van der Waals surface area contributed by atoms with Gasteiger partial charge in [-0.15, -0.1) is 0 Å². The Kier molecular flexibility index (Phi) is 53.9. The normalized spacial score (nSPS) is 12.8. The fraction of sp³-hybridized carbons (Fsp3) is 0.698. The van der Waals surface area contributed by atoms with Gasteiger partial charge in [-0.1, -0.05) is 246 Å². The second kappa shape index (κ2) is 56.9. The minimum atomic E-state index is -0.828. The molecule has 0 heterocycles. The molecule has 0 aliphatic rings. The largest absolute Gasteiger partial charge is 0.462 e. The zero-order chi connectivity index (χ0) is 50.0. The predicted molar refractivity (Wildman–Crippen MR) is 297 cm³/mol. The number of esters is 3. The lowest BCUT2D eigenvalue weighted by molar-refractivity contribution is -0.167. The number of rotatable bonds is 51. The summed E-state index contributed by atoms with van der Waals surface area (Å²) in [6, 6.07) is 0. The molecule has 69 heavy (non-hydrogen) atoms. The molecule has 0 fully saturated rings. The second-order valence-corrected chi connectivity index (χ2v) is 18.8. The Balaban J connectivity index is 4.54. The number of allylic oxidation sites excluding steroid dienone is 16. The molecule has 6 heteroatoms. The van der Waals surface area contributed by atoms with Gasteiger partial charge < -0.3 is 14.2 Å². The molecule has 0 saturated heterocycles. The van der Waals surface area contributed by atoms with Crippen LogP contribution in [0, 0.1) is 0 Å². The van der Waals surface area contributed by atoms with E-state index < -0.39 is 6.10 Å². The van der Waals surface area contributed by atoms with Gasteiger partial charge in [-0.2, -0.15) is 0 Å². The van der Waals surface area contributed by atoms with E-state index in [1.807, 2.05) is 0 Å². The first-order valence-electron chi connectivity index (χ1n) is 28.7. The molecular formula is C63H106O6. The van der Waals surface area contributed by atoms with Gasteiger partial charge in [0.15, 0.2) is 6.10 Å². The molecule has 0 aromatic rings. The Morgan fingerprint density at radius 1 is 0.290 bits per heavy atom. The van der Waals surface area contributed by atoms with Gasteiger partial charge in [0.25, 0.3) is 0 Å². The van der Waals surface area contributed by atoms with Gasteiger partial charge >= 0.3 is 17.9 Å². The van der Waals surface area contributed by atoms with Gasteiger partial charge in [-0.25, -0.2) is 0 Å². The van der Waals surface area contributed by atoms with Crippen LogP contribution < -0.4 is 0 Å². The van der Waals surface area contributed by atoms with Crippen molar-refractivity contribution in [1.29, 1.82) is 0 Å². The fourth-order valence-corrected chi connectivity index (χ4v) is 7.72. The fourth-order valence-electron chi connectivity index (χ4n) is 7.72. The quantitative estimate of drug-likeness (QED) is 0.0262. The van der Waals surface area contributed by atoms with Crippen molar-refractivity contribution in [3.8, 4) is 0 Å². The van der Waals surface area contributed by atoms with E-state index in [9.17, 15) is 14.4 Å². The summed E-state index contributed by atoms with van der Waals surface area (Å²) in [7, 11) is 0. The van der Waals surface area contributed by atoms with Crippen LogP contribution in [0.15, 0.2) is 97.2 Å². The van der Waals surface area contributed by atoms with Crippen molar-refractivity contribution >= 4 is 17.9 Å². The number of unbranched alkanes of at least 4 members (excludes halogenated alkanes) is 24. The monoisotopic (exact) mass is 959 g/mol. The Labute approximate surface area is 426 Å². The minimum Gasteiger partial charge on any atom is -0.462 e. The van der Waals surface area contributed by atoms with Crippen LogP contribution in [0.25, 0.3) is 0 Å². The zero-order valence-electron chi connectivity index (χ0n) is 45.0. The van der Waals surface area contributed by atoms with E-state index in [-0.39, 0.29) is 44.0 Å². The first kappa shape index (κ1) is 65.3. The summed E-state index contributed by atoms with van der Waals surface area (Å²) in [6.45, 7) is 6.50. The van der Waals surface area contributed by atoms with Crippen LogP contribution in [0.4, 0.5) is 0 Å². The molecule has 0 spiro atoms. The van der Waals surface area contributed by atoms with E-state index in [2.05, 4.69) is 118 Å². The Bertz CT molecular complexity index is 1380. The molecular weight excluding hydrogens is 853 g/mol. The lowest BCUT2D eigenvalue weighted by atomic mass is 10.0. The molecule has 0 bridgehead atoms. The van der Waals surface area contributed by atoms with Gasteiger partial charge in [0.05, 0.1) is 0 Å².